The van der Waals surface area contributed by atoms with Crippen LogP contribution in [0.25, 0.3) is 0 Å². The van der Waals surface area contributed by atoms with Gasteiger partial charge >= 0.3 is 5.97 Å². The predicted octanol–water partition coefficient (Wildman–Crippen LogP) is 4.38. The summed E-state index contributed by atoms with van der Waals surface area (Å²) in [5.74, 6) is 0.582. The highest BCUT2D eigenvalue weighted by molar-refractivity contribution is 5.85. The van der Waals surface area contributed by atoms with Gasteiger partial charge in [0.15, 0.2) is 6.29 Å². The van der Waals surface area contributed by atoms with Crippen molar-refractivity contribution >= 4 is 12.3 Å². The highest BCUT2D eigenvalue weighted by Gasteiger charge is 2.60. The van der Waals surface area contributed by atoms with Gasteiger partial charge in [-0.05, 0) is 11.1 Å². The summed E-state index contributed by atoms with van der Waals surface area (Å²) >= 11 is 0. The van der Waals surface area contributed by atoms with E-state index in [0.29, 0.717) is 45.8 Å². The molecule has 1 heterocycles. The topological polar surface area (TPSA) is 89.5 Å². The number of benzene rings is 3. The number of hydrogen-bond donors (Lipinski definition) is 0. The molecule has 0 saturated carbocycles. The van der Waals surface area contributed by atoms with Gasteiger partial charge in [0.1, 0.15) is 29.6 Å². The molecule has 0 bridgehead atoms. The van der Waals surface area contributed by atoms with E-state index in [-0.39, 0.29) is 0 Å². The second kappa shape index (κ2) is 10.2. The van der Waals surface area contributed by atoms with Crippen molar-refractivity contribution in [1.82, 2.24) is 0 Å². The largest absolute Gasteiger partial charge is 0.496 e. The third kappa shape index (κ3) is 4.11. The van der Waals surface area contributed by atoms with Gasteiger partial charge in [-0.1, -0.05) is 54.6 Å². The first kappa shape index (κ1) is 24.3. The van der Waals surface area contributed by atoms with Crippen molar-refractivity contribution in [3.05, 3.63) is 89.0 Å². The number of rotatable bonds is 8. The van der Waals surface area contributed by atoms with Crippen LogP contribution < -0.4 is 14.2 Å². The van der Waals surface area contributed by atoms with Gasteiger partial charge in [-0.3, -0.25) is 4.79 Å². The fourth-order valence-electron chi connectivity index (χ4n) is 4.35. The molecule has 1 fully saturated rings. The lowest BCUT2D eigenvalue weighted by atomic mass is 9.83. The zero-order valence-corrected chi connectivity index (χ0v) is 19.8. The van der Waals surface area contributed by atoms with Gasteiger partial charge in [-0.25, -0.2) is 4.79 Å². The molecule has 3 aromatic carbocycles. The summed E-state index contributed by atoms with van der Waals surface area (Å²) < 4.78 is 34.7. The number of carbonyl (C=O) groups excluding carboxylic acids is 2. The SMILES string of the molecule is COC(=O)[C@]1(c2ccccc2)O[C@@H](c2c(OC)cc(OC)cc2OC)O[C@H]1c1ccccc1C=O. The third-order valence-corrected chi connectivity index (χ3v) is 6.01. The summed E-state index contributed by atoms with van der Waals surface area (Å²) in [6, 6.07) is 19.1. The molecule has 0 radical (unpaired) electrons. The molecule has 0 aliphatic carbocycles. The van der Waals surface area contributed by atoms with Gasteiger partial charge in [0.05, 0.1) is 34.0 Å². The van der Waals surface area contributed by atoms with Crippen LogP contribution >= 0.6 is 0 Å². The van der Waals surface area contributed by atoms with Gasteiger partial charge in [0.2, 0.25) is 5.60 Å². The molecule has 182 valence electrons. The Morgan fingerprint density at radius 1 is 0.886 bits per heavy atom. The van der Waals surface area contributed by atoms with Crippen LogP contribution in [0.5, 0.6) is 17.2 Å². The Balaban J connectivity index is 1.97. The summed E-state index contributed by atoms with van der Waals surface area (Å²) in [5.41, 5.74) is 0.0401. The molecule has 35 heavy (non-hydrogen) atoms. The Hall–Kier alpha value is -3.88. The predicted molar refractivity (Wildman–Crippen MR) is 126 cm³/mol. The standard InChI is InChI=1S/C27H26O8/c1-30-19-14-21(31-2)23(22(15-19)32-3)25-34-24(20-13-9-8-10-17(20)16-28)27(35-25,26(29)33-4)18-11-6-5-7-12-18/h5-16,24-25H,1-4H3/t24-,25-,27+/m0/s1. The normalized spacial score (nSPS) is 21.3. The lowest BCUT2D eigenvalue weighted by Gasteiger charge is -2.31. The van der Waals surface area contributed by atoms with Gasteiger partial charge in [-0.2, -0.15) is 0 Å². The molecular weight excluding hydrogens is 452 g/mol. The van der Waals surface area contributed by atoms with E-state index in [0.717, 1.165) is 0 Å². The maximum atomic E-state index is 13.5. The number of methoxy groups -OCH3 is 4. The lowest BCUT2D eigenvalue weighted by molar-refractivity contribution is -0.173. The van der Waals surface area contributed by atoms with Crippen LogP contribution in [-0.2, 0) is 24.6 Å². The molecule has 4 rings (SSSR count). The Morgan fingerprint density at radius 3 is 2.09 bits per heavy atom. The van der Waals surface area contributed by atoms with Gasteiger partial charge < -0.3 is 28.4 Å². The molecule has 0 amide bonds. The molecule has 3 atom stereocenters. The number of carbonyl (C=O) groups is 2. The molecule has 3 aromatic rings. The third-order valence-electron chi connectivity index (χ3n) is 6.01. The van der Waals surface area contributed by atoms with Gasteiger partial charge in [0.25, 0.3) is 0 Å². The highest BCUT2D eigenvalue weighted by atomic mass is 16.8. The number of esters is 1. The average Bonchev–Trinajstić information content (AvgIpc) is 3.33. The minimum atomic E-state index is -1.73. The van der Waals surface area contributed by atoms with Crippen molar-refractivity contribution in [2.24, 2.45) is 0 Å². The monoisotopic (exact) mass is 478 g/mol. The molecular formula is C27H26O8. The minimum Gasteiger partial charge on any atom is -0.496 e. The van der Waals surface area contributed by atoms with Crippen molar-refractivity contribution in [1.29, 1.82) is 0 Å². The van der Waals surface area contributed by atoms with Crippen LogP contribution in [0.2, 0.25) is 0 Å². The van der Waals surface area contributed by atoms with Crippen LogP contribution in [0, 0.1) is 0 Å². The molecule has 0 aromatic heterocycles. The molecule has 0 spiro atoms. The van der Waals surface area contributed by atoms with Crippen molar-refractivity contribution < 1.29 is 38.0 Å². The van der Waals surface area contributed by atoms with E-state index < -0.39 is 24.0 Å². The summed E-state index contributed by atoms with van der Waals surface area (Å²) in [5, 5.41) is 0. The first-order valence-corrected chi connectivity index (χ1v) is 10.8. The second-order valence-electron chi connectivity index (χ2n) is 7.75. The Morgan fingerprint density at radius 2 is 1.51 bits per heavy atom. The Kier molecular flexibility index (Phi) is 7.04. The van der Waals surface area contributed by atoms with Crippen molar-refractivity contribution in [3.8, 4) is 17.2 Å². The number of aldehydes is 1. The van der Waals surface area contributed by atoms with E-state index in [2.05, 4.69) is 0 Å². The lowest BCUT2D eigenvalue weighted by Crippen LogP contribution is -2.41. The fraction of sp³-hybridized carbons (Fsp3) is 0.259. The number of ether oxygens (including phenoxy) is 6. The van der Waals surface area contributed by atoms with E-state index >= 15 is 0 Å². The van der Waals surface area contributed by atoms with Crippen molar-refractivity contribution in [2.45, 2.75) is 18.0 Å². The minimum absolute atomic E-state index is 0.361. The average molecular weight is 478 g/mol. The molecule has 8 nitrogen and oxygen atoms in total. The summed E-state index contributed by atoms with van der Waals surface area (Å²) in [6.07, 6.45) is -1.43. The second-order valence-corrected chi connectivity index (χ2v) is 7.75. The van der Waals surface area contributed by atoms with Crippen LogP contribution in [0.15, 0.2) is 66.7 Å². The summed E-state index contributed by atoms with van der Waals surface area (Å²) in [4.78, 5) is 25.4. The highest BCUT2D eigenvalue weighted by Crippen LogP contribution is 2.56. The Labute approximate surface area is 203 Å². The smallest absolute Gasteiger partial charge is 0.346 e. The molecule has 8 heteroatoms. The fourth-order valence-corrected chi connectivity index (χ4v) is 4.35. The van der Waals surface area contributed by atoms with E-state index in [4.69, 9.17) is 28.4 Å². The van der Waals surface area contributed by atoms with E-state index in [9.17, 15) is 9.59 Å². The van der Waals surface area contributed by atoms with Crippen LogP contribution in [0.4, 0.5) is 0 Å². The zero-order chi connectivity index (χ0) is 25.0. The summed E-state index contributed by atoms with van der Waals surface area (Å²) in [7, 11) is 5.80. The van der Waals surface area contributed by atoms with Crippen LogP contribution in [-0.4, -0.2) is 40.7 Å². The van der Waals surface area contributed by atoms with Gasteiger partial charge in [-0.15, -0.1) is 0 Å². The van der Waals surface area contributed by atoms with Crippen molar-refractivity contribution in [2.75, 3.05) is 28.4 Å². The first-order valence-electron chi connectivity index (χ1n) is 10.8. The molecule has 1 aliphatic rings. The van der Waals surface area contributed by atoms with E-state index in [1.54, 1.807) is 60.7 Å². The van der Waals surface area contributed by atoms with E-state index in [1.165, 1.54) is 28.4 Å². The van der Waals surface area contributed by atoms with Crippen LogP contribution in [0.3, 0.4) is 0 Å². The first-order chi connectivity index (χ1) is 17.0. The zero-order valence-electron chi connectivity index (χ0n) is 19.8. The van der Waals surface area contributed by atoms with Gasteiger partial charge in [0, 0.05) is 17.7 Å². The molecule has 0 N–H and O–H groups in total. The maximum absolute atomic E-state index is 13.5. The molecule has 0 unspecified atom stereocenters. The Bertz CT molecular complexity index is 1180. The van der Waals surface area contributed by atoms with E-state index in [1.807, 2.05) is 6.07 Å². The molecule has 1 saturated heterocycles. The maximum Gasteiger partial charge on any atom is 0.346 e. The number of hydrogen-bond acceptors (Lipinski definition) is 8. The summed E-state index contributed by atoms with van der Waals surface area (Å²) in [6.45, 7) is 0. The molecule has 1 aliphatic heterocycles. The van der Waals surface area contributed by atoms with Crippen molar-refractivity contribution in [3.63, 3.8) is 0 Å². The van der Waals surface area contributed by atoms with Crippen LogP contribution in [0.1, 0.15) is 39.4 Å². The quantitative estimate of drug-likeness (QED) is 0.348.